The van der Waals surface area contributed by atoms with Crippen LogP contribution in [0.2, 0.25) is 0 Å². The molecule has 1 heterocycles. The summed E-state index contributed by atoms with van der Waals surface area (Å²) >= 11 is 1.99. The van der Waals surface area contributed by atoms with Crippen LogP contribution in [0.1, 0.15) is 13.8 Å². The molecule has 1 saturated heterocycles. The average molecular weight is 157 g/mol. The standard InChI is InChI=1S/C8H15NS/c1-7(2)8(3)9-4-5-10-6-9/h7H,3-6H2,1-2H3. The van der Waals surface area contributed by atoms with Crippen molar-refractivity contribution in [3.63, 3.8) is 0 Å². The highest BCUT2D eigenvalue weighted by Gasteiger charge is 2.14. The fourth-order valence-corrected chi connectivity index (χ4v) is 2.00. The van der Waals surface area contributed by atoms with Gasteiger partial charge in [-0.2, -0.15) is 0 Å². The topological polar surface area (TPSA) is 3.24 Å². The van der Waals surface area contributed by atoms with Gasteiger partial charge in [0.05, 0.1) is 5.88 Å². The van der Waals surface area contributed by atoms with Gasteiger partial charge in [0.15, 0.2) is 0 Å². The van der Waals surface area contributed by atoms with Crippen LogP contribution in [-0.4, -0.2) is 23.1 Å². The minimum absolute atomic E-state index is 0.610. The molecule has 1 nitrogen and oxygen atoms in total. The van der Waals surface area contributed by atoms with Gasteiger partial charge in [-0.05, 0) is 5.92 Å². The monoisotopic (exact) mass is 157 g/mol. The Morgan fingerprint density at radius 3 is 2.70 bits per heavy atom. The van der Waals surface area contributed by atoms with Crippen LogP contribution in [0.15, 0.2) is 12.3 Å². The molecule has 0 spiro atoms. The summed E-state index contributed by atoms with van der Waals surface area (Å²) in [5, 5.41) is 0. The zero-order chi connectivity index (χ0) is 7.56. The van der Waals surface area contributed by atoms with E-state index in [1.54, 1.807) is 0 Å². The molecular formula is C8H15NS. The minimum atomic E-state index is 0.610. The number of hydrogen-bond donors (Lipinski definition) is 0. The lowest BCUT2D eigenvalue weighted by Gasteiger charge is -2.22. The van der Waals surface area contributed by atoms with E-state index in [2.05, 4.69) is 25.3 Å². The summed E-state index contributed by atoms with van der Waals surface area (Å²) < 4.78 is 0. The summed E-state index contributed by atoms with van der Waals surface area (Å²) in [6.45, 7) is 9.64. The highest BCUT2D eigenvalue weighted by molar-refractivity contribution is 7.99. The second-order valence-electron chi connectivity index (χ2n) is 2.95. The molecule has 0 saturated carbocycles. The van der Waals surface area contributed by atoms with E-state index >= 15 is 0 Å². The van der Waals surface area contributed by atoms with Crippen molar-refractivity contribution >= 4 is 11.8 Å². The van der Waals surface area contributed by atoms with Crippen molar-refractivity contribution in [2.75, 3.05) is 18.2 Å². The summed E-state index contributed by atoms with van der Waals surface area (Å²) in [5.41, 5.74) is 1.30. The van der Waals surface area contributed by atoms with Gasteiger partial charge in [0.25, 0.3) is 0 Å². The molecule has 1 aliphatic rings. The third-order valence-corrected chi connectivity index (χ3v) is 2.79. The Labute approximate surface area is 67.5 Å². The molecule has 58 valence electrons. The van der Waals surface area contributed by atoms with Gasteiger partial charge in [0, 0.05) is 18.0 Å². The molecule has 0 bridgehead atoms. The van der Waals surface area contributed by atoms with Gasteiger partial charge in [-0.3, -0.25) is 0 Å². The van der Waals surface area contributed by atoms with Gasteiger partial charge >= 0.3 is 0 Å². The summed E-state index contributed by atoms with van der Waals surface area (Å²) in [5.74, 6) is 3.03. The molecule has 10 heavy (non-hydrogen) atoms. The second kappa shape index (κ2) is 3.33. The van der Waals surface area contributed by atoms with E-state index in [0.717, 1.165) is 5.88 Å². The average Bonchev–Trinajstić information content (AvgIpc) is 2.36. The summed E-state index contributed by atoms with van der Waals surface area (Å²) in [6.07, 6.45) is 0. The van der Waals surface area contributed by atoms with E-state index in [0.29, 0.717) is 5.92 Å². The first-order valence-corrected chi connectivity index (χ1v) is 4.89. The van der Waals surface area contributed by atoms with Crippen molar-refractivity contribution in [1.29, 1.82) is 0 Å². The van der Waals surface area contributed by atoms with E-state index in [-0.39, 0.29) is 0 Å². The van der Waals surface area contributed by atoms with Crippen molar-refractivity contribution in [1.82, 2.24) is 4.90 Å². The van der Waals surface area contributed by atoms with E-state index in [4.69, 9.17) is 0 Å². The molecule has 0 unspecified atom stereocenters. The molecule has 0 atom stereocenters. The lowest BCUT2D eigenvalue weighted by molar-refractivity contribution is 0.399. The van der Waals surface area contributed by atoms with Gasteiger partial charge in [0.1, 0.15) is 0 Å². The van der Waals surface area contributed by atoms with Crippen molar-refractivity contribution in [2.24, 2.45) is 5.92 Å². The molecule has 0 aromatic rings. The SMILES string of the molecule is C=C(C(C)C)N1CCSC1. The number of nitrogens with zero attached hydrogens (tertiary/aromatic N) is 1. The molecule has 0 radical (unpaired) electrons. The maximum atomic E-state index is 4.05. The molecule has 0 aromatic heterocycles. The van der Waals surface area contributed by atoms with Gasteiger partial charge in [-0.1, -0.05) is 20.4 Å². The summed E-state index contributed by atoms with van der Waals surface area (Å²) in [4.78, 5) is 2.37. The fraction of sp³-hybridized carbons (Fsp3) is 0.750. The Morgan fingerprint density at radius 2 is 2.30 bits per heavy atom. The quantitative estimate of drug-likeness (QED) is 0.604. The van der Waals surface area contributed by atoms with Crippen molar-refractivity contribution in [3.05, 3.63) is 12.3 Å². The zero-order valence-electron chi connectivity index (χ0n) is 6.76. The summed E-state index contributed by atoms with van der Waals surface area (Å²) in [6, 6.07) is 0. The van der Waals surface area contributed by atoms with Crippen molar-refractivity contribution in [3.8, 4) is 0 Å². The van der Waals surface area contributed by atoms with E-state index in [1.165, 1.54) is 18.0 Å². The Balaban J connectivity index is 2.40. The molecule has 0 aromatic carbocycles. The first-order valence-electron chi connectivity index (χ1n) is 3.73. The fourth-order valence-electron chi connectivity index (χ4n) is 1.01. The van der Waals surface area contributed by atoms with Crippen molar-refractivity contribution in [2.45, 2.75) is 13.8 Å². The maximum absolute atomic E-state index is 4.05. The third-order valence-electron chi connectivity index (χ3n) is 1.83. The molecule has 0 N–H and O–H groups in total. The Hall–Kier alpha value is -0.110. The van der Waals surface area contributed by atoms with E-state index < -0.39 is 0 Å². The molecule has 1 aliphatic heterocycles. The molecule has 1 rings (SSSR count). The zero-order valence-corrected chi connectivity index (χ0v) is 7.58. The first-order chi connectivity index (χ1) is 4.72. The summed E-state index contributed by atoms with van der Waals surface area (Å²) in [7, 11) is 0. The number of allylic oxidation sites excluding steroid dienone is 1. The van der Waals surface area contributed by atoms with Crippen LogP contribution in [0.5, 0.6) is 0 Å². The van der Waals surface area contributed by atoms with Gasteiger partial charge in [-0.15, -0.1) is 11.8 Å². The number of rotatable bonds is 2. The van der Waals surface area contributed by atoms with Crippen LogP contribution in [-0.2, 0) is 0 Å². The smallest absolute Gasteiger partial charge is 0.0637 e. The first kappa shape index (κ1) is 7.99. The predicted octanol–water partition coefficient (Wildman–Crippen LogP) is 2.16. The molecule has 0 amide bonds. The van der Waals surface area contributed by atoms with Gasteiger partial charge < -0.3 is 4.90 Å². The van der Waals surface area contributed by atoms with Gasteiger partial charge in [-0.25, -0.2) is 0 Å². The lowest BCUT2D eigenvalue weighted by atomic mass is 10.1. The van der Waals surface area contributed by atoms with Crippen LogP contribution in [0.25, 0.3) is 0 Å². The predicted molar refractivity (Wildman–Crippen MR) is 48.0 cm³/mol. The van der Waals surface area contributed by atoms with E-state index in [1.807, 2.05) is 11.8 Å². The highest BCUT2D eigenvalue weighted by Crippen LogP contribution is 2.21. The van der Waals surface area contributed by atoms with Crippen LogP contribution in [0, 0.1) is 5.92 Å². The molecule has 0 aliphatic carbocycles. The Bertz CT molecular complexity index is 125. The minimum Gasteiger partial charge on any atom is -0.365 e. The number of hydrogen-bond acceptors (Lipinski definition) is 2. The van der Waals surface area contributed by atoms with Crippen LogP contribution < -0.4 is 0 Å². The lowest BCUT2D eigenvalue weighted by Crippen LogP contribution is -2.21. The van der Waals surface area contributed by atoms with Crippen LogP contribution >= 0.6 is 11.8 Å². The number of thioether (sulfide) groups is 1. The molecular weight excluding hydrogens is 142 g/mol. The Morgan fingerprint density at radius 1 is 1.60 bits per heavy atom. The largest absolute Gasteiger partial charge is 0.365 e. The second-order valence-corrected chi connectivity index (χ2v) is 4.02. The third kappa shape index (κ3) is 1.69. The van der Waals surface area contributed by atoms with E-state index in [9.17, 15) is 0 Å². The van der Waals surface area contributed by atoms with Crippen LogP contribution in [0.4, 0.5) is 0 Å². The molecule has 2 heteroatoms. The van der Waals surface area contributed by atoms with Crippen molar-refractivity contribution < 1.29 is 0 Å². The molecule has 1 fully saturated rings. The normalized spacial score (nSPS) is 18.5. The van der Waals surface area contributed by atoms with Gasteiger partial charge in [0.2, 0.25) is 0 Å². The maximum Gasteiger partial charge on any atom is 0.0637 e. The Kier molecular flexibility index (Phi) is 2.66. The van der Waals surface area contributed by atoms with Crippen LogP contribution in [0.3, 0.4) is 0 Å². The highest BCUT2D eigenvalue weighted by atomic mass is 32.2.